The number of ether oxygens (including phenoxy) is 2. The number of rotatable bonds is 5. The number of piperazine rings is 1. The summed E-state index contributed by atoms with van der Waals surface area (Å²) in [6, 6.07) is 7.83. The third-order valence-corrected chi connectivity index (χ3v) is 4.84. The van der Waals surface area contributed by atoms with Crippen LogP contribution in [0.25, 0.3) is 0 Å². The van der Waals surface area contributed by atoms with Crippen molar-refractivity contribution >= 4 is 11.6 Å². The number of amides is 1. The average molecular weight is 333 g/mol. The van der Waals surface area contributed by atoms with E-state index in [0.29, 0.717) is 12.5 Å². The van der Waals surface area contributed by atoms with Gasteiger partial charge in [0.05, 0.1) is 7.11 Å². The van der Waals surface area contributed by atoms with Gasteiger partial charge < -0.3 is 25.0 Å². The molecule has 2 saturated heterocycles. The number of anilines is 1. The van der Waals surface area contributed by atoms with Crippen LogP contribution in [-0.2, 0) is 9.53 Å². The monoisotopic (exact) mass is 333 g/mol. The Morgan fingerprint density at radius 1 is 1.33 bits per heavy atom. The molecule has 2 heterocycles. The maximum atomic E-state index is 12.5. The number of benzene rings is 1. The highest BCUT2D eigenvalue weighted by molar-refractivity contribution is 5.82. The summed E-state index contributed by atoms with van der Waals surface area (Å²) in [7, 11) is 1.67. The van der Waals surface area contributed by atoms with Crippen molar-refractivity contribution in [2.24, 2.45) is 5.92 Å². The summed E-state index contributed by atoms with van der Waals surface area (Å²) in [6.45, 7) is 4.77. The van der Waals surface area contributed by atoms with E-state index in [1.165, 1.54) is 0 Å². The lowest BCUT2D eigenvalue weighted by Crippen LogP contribution is -2.57. The third-order valence-electron chi connectivity index (χ3n) is 4.84. The molecular weight excluding hydrogens is 306 g/mol. The zero-order chi connectivity index (χ0) is 16.8. The highest BCUT2D eigenvalue weighted by Gasteiger charge is 2.26. The Morgan fingerprint density at radius 3 is 2.79 bits per heavy atom. The van der Waals surface area contributed by atoms with Gasteiger partial charge in [-0.25, -0.2) is 0 Å². The molecule has 132 valence electrons. The summed E-state index contributed by atoms with van der Waals surface area (Å²) in [6.07, 6.45) is 2.08. The van der Waals surface area contributed by atoms with Gasteiger partial charge in [0.1, 0.15) is 11.8 Å². The minimum absolute atomic E-state index is 0.0969. The second kappa shape index (κ2) is 8.35. The molecule has 0 unspecified atom stereocenters. The summed E-state index contributed by atoms with van der Waals surface area (Å²) >= 11 is 0. The van der Waals surface area contributed by atoms with Gasteiger partial charge in [0, 0.05) is 45.1 Å². The fraction of sp³-hybridized carbons (Fsp3) is 0.611. The molecule has 0 bridgehead atoms. The second-order valence-electron chi connectivity index (χ2n) is 6.45. The maximum Gasteiger partial charge on any atom is 0.238 e. The standard InChI is InChI=1S/C18H27N3O3/c1-23-16-4-2-15(3-5-16)21-9-8-19-17(13-21)18(22)20-12-14-6-10-24-11-7-14/h2-5,14,17,19H,6-13H2,1H3,(H,20,22)/t17-/m0/s1. The fourth-order valence-electron chi connectivity index (χ4n) is 3.27. The summed E-state index contributed by atoms with van der Waals surface area (Å²) in [5.74, 6) is 1.49. The number of nitrogens with one attached hydrogen (secondary N) is 2. The van der Waals surface area contributed by atoms with Crippen LogP contribution in [0.4, 0.5) is 5.69 Å². The lowest BCUT2D eigenvalue weighted by Gasteiger charge is -2.35. The number of methoxy groups -OCH3 is 1. The van der Waals surface area contributed by atoms with Crippen molar-refractivity contribution in [1.82, 2.24) is 10.6 Å². The Morgan fingerprint density at radius 2 is 2.08 bits per heavy atom. The van der Waals surface area contributed by atoms with E-state index in [4.69, 9.17) is 9.47 Å². The predicted molar refractivity (Wildman–Crippen MR) is 93.6 cm³/mol. The molecule has 2 aliphatic heterocycles. The Labute approximate surface area is 143 Å². The van der Waals surface area contributed by atoms with Gasteiger partial charge in [0.2, 0.25) is 5.91 Å². The lowest BCUT2D eigenvalue weighted by atomic mass is 10.0. The molecule has 0 saturated carbocycles. The number of carbonyl (C=O) groups excluding carboxylic acids is 1. The van der Waals surface area contributed by atoms with E-state index in [1.807, 2.05) is 24.3 Å². The summed E-state index contributed by atoms with van der Waals surface area (Å²) in [5.41, 5.74) is 1.12. The van der Waals surface area contributed by atoms with Crippen molar-refractivity contribution in [2.45, 2.75) is 18.9 Å². The van der Waals surface area contributed by atoms with Crippen molar-refractivity contribution in [3.63, 3.8) is 0 Å². The SMILES string of the molecule is COc1ccc(N2CCN[C@H](C(=O)NCC3CCOCC3)C2)cc1. The van der Waals surface area contributed by atoms with Gasteiger partial charge in [-0.3, -0.25) is 4.79 Å². The first kappa shape index (κ1) is 17.0. The minimum Gasteiger partial charge on any atom is -0.497 e. The summed E-state index contributed by atoms with van der Waals surface area (Å²) in [4.78, 5) is 14.7. The van der Waals surface area contributed by atoms with Crippen LogP contribution in [0.1, 0.15) is 12.8 Å². The van der Waals surface area contributed by atoms with Gasteiger partial charge in [-0.05, 0) is 43.0 Å². The minimum atomic E-state index is -0.166. The molecule has 3 rings (SSSR count). The fourth-order valence-corrected chi connectivity index (χ4v) is 3.27. The van der Waals surface area contributed by atoms with Gasteiger partial charge in [0.25, 0.3) is 0 Å². The molecule has 1 atom stereocenters. The normalized spacial score (nSPS) is 22.2. The molecule has 1 aromatic carbocycles. The van der Waals surface area contributed by atoms with E-state index in [2.05, 4.69) is 15.5 Å². The van der Waals surface area contributed by atoms with Crippen LogP contribution in [0, 0.1) is 5.92 Å². The summed E-state index contributed by atoms with van der Waals surface area (Å²) in [5, 5.41) is 6.43. The molecule has 24 heavy (non-hydrogen) atoms. The van der Waals surface area contributed by atoms with Crippen molar-refractivity contribution in [1.29, 1.82) is 0 Å². The van der Waals surface area contributed by atoms with Crippen LogP contribution in [0.5, 0.6) is 5.75 Å². The first-order chi connectivity index (χ1) is 11.8. The Hall–Kier alpha value is -1.79. The van der Waals surface area contributed by atoms with E-state index < -0.39 is 0 Å². The van der Waals surface area contributed by atoms with Crippen LogP contribution in [0.3, 0.4) is 0 Å². The Balaban J connectivity index is 1.51. The number of nitrogens with zero attached hydrogens (tertiary/aromatic N) is 1. The van der Waals surface area contributed by atoms with Crippen LogP contribution < -0.4 is 20.3 Å². The van der Waals surface area contributed by atoms with Gasteiger partial charge in [-0.15, -0.1) is 0 Å². The third kappa shape index (κ3) is 4.39. The first-order valence-corrected chi connectivity index (χ1v) is 8.74. The second-order valence-corrected chi connectivity index (χ2v) is 6.45. The Kier molecular flexibility index (Phi) is 5.93. The topological polar surface area (TPSA) is 62.8 Å². The van der Waals surface area contributed by atoms with Crippen LogP contribution in [0.2, 0.25) is 0 Å². The van der Waals surface area contributed by atoms with Crippen molar-refractivity contribution in [3.05, 3.63) is 24.3 Å². The van der Waals surface area contributed by atoms with Gasteiger partial charge >= 0.3 is 0 Å². The zero-order valence-corrected chi connectivity index (χ0v) is 14.3. The predicted octanol–water partition coefficient (Wildman–Crippen LogP) is 1.02. The summed E-state index contributed by atoms with van der Waals surface area (Å²) < 4.78 is 10.6. The lowest BCUT2D eigenvalue weighted by molar-refractivity contribution is -0.123. The quantitative estimate of drug-likeness (QED) is 0.842. The Bertz CT molecular complexity index is 529. The molecular formula is C18H27N3O3. The van der Waals surface area contributed by atoms with Crippen molar-refractivity contribution < 1.29 is 14.3 Å². The molecule has 1 amide bonds. The molecule has 0 aliphatic carbocycles. The molecule has 6 heteroatoms. The van der Waals surface area contributed by atoms with Crippen molar-refractivity contribution in [3.8, 4) is 5.75 Å². The van der Waals surface area contributed by atoms with E-state index in [0.717, 1.165) is 57.1 Å². The smallest absolute Gasteiger partial charge is 0.238 e. The molecule has 2 N–H and O–H groups in total. The molecule has 1 aromatic rings. The highest BCUT2D eigenvalue weighted by atomic mass is 16.5. The number of hydrogen-bond donors (Lipinski definition) is 2. The zero-order valence-electron chi connectivity index (χ0n) is 14.3. The molecule has 2 aliphatic rings. The maximum absolute atomic E-state index is 12.5. The van der Waals surface area contributed by atoms with E-state index >= 15 is 0 Å². The van der Waals surface area contributed by atoms with E-state index in [-0.39, 0.29) is 11.9 Å². The van der Waals surface area contributed by atoms with Crippen LogP contribution >= 0.6 is 0 Å². The number of carbonyl (C=O) groups is 1. The molecule has 6 nitrogen and oxygen atoms in total. The average Bonchev–Trinajstić information content (AvgIpc) is 2.67. The molecule has 0 radical (unpaired) electrons. The van der Waals surface area contributed by atoms with Gasteiger partial charge in [-0.2, -0.15) is 0 Å². The van der Waals surface area contributed by atoms with Gasteiger partial charge in [0.15, 0.2) is 0 Å². The van der Waals surface area contributed by atoms with E-state index in [9.17, 15) is 4.79 Å². The largest absolute Gasteiger partial charge is 0.497 e. The highest BCUT2D eigenvalue weighted by Crippen LogP contribution is 2.20. The molecule has 0 aromatic heterocycles. The van der Waals surface area contributed by atoms with Crippen LogP contribution in [-0.4, -0.2) is 58.5 Å². The van der Waals surface area contributed by atoms with E-state index in [1.54, 1.807) is 7.11 Å². The van der Waals surface area contributed by atoms with Gasteiger partial charge in [-0.1, -0.05) is 0 Å². The van der Waals surface area contributed by atoms with Crippen LogP contribution in [0.15, 0.2) is 24.3 Å². The first-order valence-electron chi connectivity index (χ1n) is 8.74. The molecule has 0 spiro atoms. The number of hydrogen-bond acceptors (Lipinski definition) is 5. The molecule has 2 fully saturated rings. The van der Waals surface area contributed by atoms with Crippen molar-refractivity contribution in [2.75, 3.05) is 51.4 Å².